The SMILES string of the molecule is CC1=CC[C@@H]2[C@@H](C1)c1c(O)cc([C@H](C)C(=O)O)cc1OC2(C)C. The van der Waals surface area contributed by atoms with Crippen molar-refractivity contribution in [1.29, 1.82) is 0 Å². The first kappa shape index (κ1) is 15.9. The summed E-state index contributed by atoms with van der Waals surface area (Å²) in [7, 11) is 0. The Balaban J connectivity index is 2.12. The van der Waals surface area contributed by atoms with E-state index in [-0.39, 0.29) is 17.3 Å². The van der Waals surface area contributed by atoms with E-state index in [9.17, 15) is 15.0 Å². The van der Waals surface area contributed by atoms with Gasteiger partial charge in [0.15, 0.2) is 0 Å². The molecule has 0 bridgehead atoms. The number of aliphatic carboxylic acids is 1. The fourth-order valence-corrected chi connectivity index (χ4v) is 3.98. The molecule has 0 aromatic heterocycles. The van der Waals surface area contributed by atoms with Gasteiger partial charge in [0.25, 0.3) is 0 Å². The zero-order valence-corrected chi connectivity index (χ0v) is 14.1. The van der Waals surface area contributed by atoms with Crippen LogP contribution in [0.25, 0.3) is 0 Å². The van der Waals surface area contributed by atoms with Gasteiger partial charge in [-0.2, -0.15) is 0 Å². The average Bonchev–Trinajstić information content (AvgIpc) is 2.44. The van der Waals surface area contributed by atoms with Gasteiger partial charge in [-0.05, 0) is 58.2 Å². The highest BCUT2D eigenvalue weighted by Crippen LogP contribution is 2.54. The summed E-state index contributed by atoms with van der Waals surface area (Å²) in [6.07, 6.45) is 4.11. The van der Waals surface area contributed by atoms with Gasteiger partial charge in [-0.25, -0.2) is 0 Å². The number of benzene rings is 1. The summed E-state index contributed by atoms with van der Waals surface area (Å²) in [5.74, 6) is -0.266. The lowest BCUT2D eigenvalue weighted by molar-refractivity contribution is -0.138. The van der Waals surface area contributed by atoms with Gasteiger partial charge >= 0.3 is 5.97 Å². The minimum absolute atomic E-state index is 0.158. The number of rotatable bonds is 2. The molecule has 0 amide bonds. The van der Waals surface area contributed by atoms with Crippen LogP contribution in [0.5, 0.6) is 11.5 Å². The Hall–Kier alpha value is -1.97. The molecule has 0 radical (unpaired) electrons. The first-order chi connectivity index (χ1) is 10.7. The number of carboxylic acids is 1. The molecule has 1 aromatic carbocycles. The van der Waals surface area contributed by atoms with Crippen LogP contribution in [0.15, 0.2) is 23.8 Å². The maximum absolute atomic E-state index is 11.2. The molecule has 0 saturated carbocycles. The molecule has 23 heavy (non-hydrogen) atoms. The molecule has 2 aliphatic rings. The molecule has 0 fully saturated rings. The van der Waals surface area contributed by atoms with Crippen molar-refractivity contribution in [2.75, 3.05) is 0 Å². The van der Waals surface area contributed by atoms with Crippen LogP contribution in [0.2, 0.25) is 0 Å². The number of phenols is 1. The van der Waals surface area contributed by atoms with Crippen molar-refractivity contribution in [2.24, 2.45) is 5.92 Å². The molecule has 4 heteroatoms. The normalized spacial score (nSPS) is 26.3. The molecular formula is C19H24O4. The summed E-state index contributed by atoms with van der Waals surface area (Å²) < 4.78 is 6.19. The van der Waals surface area contributed by atoms with E-state index in [1.807, 2.05) is 0 Å². The molecule has 1 aliphatic heterocycles. The van der Waals surface area contributed by atoms with Gasteiger partial charge in [-0.15, -0.1) is 0 Å². The Morgan fingerprint density at radius 1 is 1.39 bits per heavy atom. The maximum Gasteiger partial charge on any atom is 0.310 e. The van der Waals surface area contributed by atoms with Crippen molar-refractivity contribution in [1.82, 2.24) is 0 Å². The van der Waals surface area contributed by atoms with Gasteiger partial charge in [0.2, 0.25) is 0 Å². The van der Waals surface area contributed by atoms with Crippen LogP contribution in [0.4, 0.5) is 0 Å². The second-order valence-electron chi connectivity index (χ2n) is 7.42. The number of ether oxygens (including phenoxy) is 1. The molecule has 1 heterocycles. The van der Waals surface area contributed by atoms with Crippen LogP contribution >= 0.6 is 0 Å². The van der Waals surface area contributed by atoms with Gasteiger partial charge in [0, 0.05) is 17.4 Å². The topological polar surface area (TPSA) is 66.8 Å². The molecule has 1 aromatic rings. The van der Waals surface area contributed by atoms with Gasteiger partial charge in [0.05, 0.1) is 5.92 Å². The molecule has 0 unspecified atom stereocenters. The van der Waals surface area contributed by atoms with E-state index >= 15 is 0 Å². The van der Waals surface area contributed by atoms with E-state index < -0.39 is 11.9 Å². The lowest BCUT2D eigenvalue weighted by atomic mass is 9.67. The third-order valence-electron chi connectivity index (χ3n) is 5.40. The highest BCUT2D eigenvalue weighted by Gasteiger charge is 2.45. The number of fused-ring (bicyclic) bond motifs is 3. The van der Waals surface area contributed by atoms with Gasteiger partial charge < -0.3 is 14.9 Å². The number of allylic oxidation sites excluding steroid dienone is 2. The highest BCUT2D eigenvalue weighted by atomic mass is 16.5. The van der Waals surface area contributed by atoms with Crippen LogP contribution in [-0.2, 0) is 4.79 Å². The molecule has 0 saturated heterocycles. The lowest BCUT2D eigenvalue weighted by Crippen LogP contribution is -2.45. The number of carbonyl (C=O) groups is 1. The highest BCUT2D eigenvalue weighted by molar-refractivity contribution is 5.76. The second kappa shape index (κ2) is 5.29. The van der Waals surface area contributed by atoms with Crippen LogP contribution in [0.1, 0.15) is 63.5 Å². The summed E-state index contributed by atoms with van der Waals surface area (Å²) in [4.78, 5) is 11.2. The van der Waals surface area contributed by atoms with Crippen molar-refractivity contribution < 1.29 is 19.7 Å². The zero-order chi connectivity index (χ0) is 16.9. The molecule has 1 aliphatic carbocycles. The van der Waals surface area contributed by atoms with Crippen molar-refractivity contribution in [3.63, 3.8) is 0 Å². The van der Waals surface area contributed by atoms with Crippen molar-refractivity contribution in [3.05, 3.63) is 34.9 Å². The average molecular weight is 316 g/mol. The molecule has 4 nitrogen and oxygen atoms in total. The van der Waals surface area contributed by atoms with Crippen LogP contribution in [0, 0.1) is 5.92 Å². The van der Waals surface area contributed by atoms with E-state index in [1.165, 1.54) is 5.57 Å². The van der Waals surface area contributed by atoms with E-state index in [1.54, 1.807) is 19.1 Å². The van der Waals surface area contributed by atoms with Crippen LogP contribution < -0.4 is 4.74 Å². The summed E-state index contributed by atoms with van der Waals surface area (Å²) in [6, 6.07) is 3.38. The first-order valence-electron chi connectivity index (χ1n) is 8.15. The van der Waals surface area contributed by atoms with E-state index in [0.717, 1.165) is 18.4 Å². The van der Waals surface area contributed by atoms with Crippen molar-refractivity contribution in [3.8, 4) is 11.5 Å². The first-order valence-corrected chi connectivity index (χ1v) is 8.15. The fourth-order valence-electron chi connectivity index (χ4n) is 3.98. The van der Waals surface area contributed by atoms with Crippen molar-refractivity contribution in [2.45, 2.75) is 58.0 Å². The Bertz CT molecular complexity index is 687. The molecule has 124 valence electrons. The van der Waals surface area contributed by atoms with E-state index in [2.05, 4.69) is 26.8 Å². The van der Waals surface area contributed by atoms with Crippen molar-refractivity contribution >= 4 is 5.97 Å². The largest absolute Gasteiger partial charge is 0.508 e. The number of phenolic OH excluding ortho intramolecular Hbond substituents is 1. The number of hydrogen-bond donors (Lipinski definition) is 2. The van der Waals surface area contributed by atoms with Crippen LogP contribution in [0.3, 0.4) is 0 Å². The summed E-state index contributed by atoms with van der Waals surface area (Å²) in [5.41, 5.74) is 2.40. The Labute approximate surface area is 136 Å². The number of aromatic hydroxyl groups is 1. The minimum atomic E-state index is -0.909. The monoisotopic (exact) mass is 316 g/mol. The number of carboxylic acid groups (broad SMARTS) is 1. The van der Waals surface area contributed by atoms with Crippen LogP contribution in [-0.4, -0.2) is 21.8 Å². The summed E-state index contributed by atoms with van der Waals surface area (Å²) >= 11 is 0. The summed E-state index contributed by atoms with van der Waals surface area (Å²) in [6.45, 7) is 7.89. The molecule has 0 spiro atoms. The molecular weight excluding hydrogens is 292 g/mol. The minimum Gasteiger partial charge on any atom is -0.508 e. The summed E-state index contributed by atoms with van der Waals surface area (Å²) in [5, 5.41) is 19.8. The Morgan fingerprint density at radius 2 is 2.09 bits per heavy atom. The maximum atomic E-state index is 11.2. The van der Waals surface area contributed by atoms with E-state index in [0.29, 0.717) is 17.2 Å². The number of hydrogen-bond acceptors (Lipinski definition) is 3. The predicted molar refractivity (Wildman–Crippen MR) is 88.1 cm³/mol. The van der Waals surface area contributed by atoms with Gasteiger partial charge in [-0.3, -0.25) is 4.79 Å². The molecule has 3 rings (SSSR count). The second-order valence-corrected chi connectivity index (χ2v) is 7.42. The smallest absolute Gasteiger partial charge is 0.310 e. The quantitative estimate of drug-likeness (QED) is 0.803. The van der Waals surface area contributed by atoms with Gasteiger partial charge in [-0.1, -0.05) is 11.6 Å². The standard InChI is InChI=1S/C19H24O4/c1-10-5-6-14-13(7-10)17-15(20)8-12(11(2)18(21)22)9-16(17)23-19(14,3)4/h5,8-9,11,13-14,20H,6-7H2,1-4H3,(H,21,22)/t11-,13+,14+/m0/s1. The Morgan fingerprint density at radius 3 is 2.74 bits per heavy atom. The molecule has 2 N–H and O–H groups in total. The Kier molecular flexibility index (Phi) is 3.66. The third kappa shape index (κ3) is 2.60. The fraction of sp³-hybridized carbons (Fsp3) is 0.526. The molecule has 3 atom stereocenters. The third-order valence-corrected chi connectivity index (χ3v) is 5.40. The zero-order valence-electron chi connectivity index (χ0n) is 14.1. The van der Waals surface area contributed by atoms with E-state index in [4.69, 9.17) is 4.74 Å². The lowest BCUT2D eigenvalue weighted by Gasteiger charge is -2.47. The predicted octanol–water partition coefficient (Wildman–Crippen LogP) is 4.19. The van der Waals surface area contributed by atoms with Gasteiger partial charge in [0.1, 0.15) is 17.1 Å².